The van der Waals surface area contributed by atoms with Gasteiger partial charge in [-0.2, -0.15) is 5.10 Å². The number of aromatic nitrogens is 4. The SMILES string of the molecule is CC(=O)N1CCc2c(c(N3CCCc4cc(-c5cn(C6CCN(Cc7cccc8c7CN(C7CCC(=O)NC7=O)C8=O)CC6)c6ccncc56)c(C(F)F)cc43)nn2C2CCOCC2)C1. The maximum absolute atomic E-state index is 15.5. The van der Waals surface area contributed by atoms with Gasteiger partial charge >= 0.3 is 0 Å². The largest absolute Gasteiger partial charge is 0.381 e. The van der Waals surface area contributed by atoms with E-state index in [-0.39, 0.29) is 41.8 Å². The van der Waals surface area contributed by atoms with Gasteiger partial charge in [-0.3, -0.25) is 39.1 Å². The lowest BCUT2D eigenvalue weighted by Crippen LogP contribution is -2.52. The Morgan fingerprint density at radius 3 is 2.51 bits per heavy atom. The van der Waals surface area contributed by atoms with Gasteiger partial charge in [0.05, 0.1) is 18.1 Å². The maximum Gasteiger partial charge on any atom is 0.264 e. The van der Waals surface area contributed by atoms with Crippen LogP contribution in [0.4, 0.5) is 20.3 Å². The number of piperidine rings is 2. The van der Waals surface area contributed by atoms with Crippen LogP contribution in [0.5, 0.6) is 0 Å². The highest BCUT2D eigenvalue weighted by Gasteiger charge is 2.40. The summed E-state index contributed by atoms with van der Waals surface area (Å²) in [6.45, 7) is 7.24. The number of pyridine rings is 1. The molecule has 3 aromatic heterocycles. The molecule has 0 bridgehead atoms. The molecule has 338 valence electrons. The number of likely N-dealkylation sites (tertiary alicyclic amines) is 1. The van der Waals surface area contributed by atoms with Crippen molar-refractivity contribution in [2.45, 2.75) is 109 Å². The molecule has 3 fully saturated rings. The van der Waals surface area contributed by atoms with Crippen LogP contribution in [0.1, 0.15) is 114 Å². The van der Waals surface area contributed by atoms with E-state index >= 15 is 8.78 Å². The first-order chi connectivity index (χ1) is 31.6. The molecular formula is C49H53F2N9O5. The zero-order valence-corrected chi connectivity index (χ0v) is 36.6. The Hall–Kier alpha value is -6.00. The molecular weight excluding hydrogens is 833 g/mol. The number of hydrogen-bond acceptors (Lipinski definition) is 9. The molecule has 1 unspecified atom stereocenters. The molecule has 65 heavy (non-hydrogen) atoms. The first-order valence-corrected chi connectivity index (χ1v) is 23.2. The summed E-state index contributed by atoms with van der Waals surface area (Å²) in [7, 11) is 0. The average Bonchev–Trinajstić information content (AvgIpc) is 4.01. The molecule has 3 saturated heterocycles. The monoisotopic (exact) mass is 885 g/mol. The van der Waals surface area contributed by atoms with E-state index in [1.807, 2.05) is 29.2 Å². The quantitative estimate of drug-likeness (QED) is 0.167. The highest BCUT2D eigenvalue weighted by atomic mass is 19.3. The van der Waals surface area contributed by atoms with Crippen molar-refractivity contribution in [3.8, 4) is 11.1 Å². The molecule has 1 atom stereocenters. The number of ether oxygens (including phenoxy) is 1. The van der Waals surface area contributed by atoms with Gasteiger partial charge in [0.1, 0.15) is 6.04 Å². The number of nitrogens with one attached hydrogen (secondary N) is 1. The molecule has 14 nitrogen and oxygen atoms in total. The van der Waals surface area contributed by atoms with E-state index in [0.29, 0.717) is 69.9 Å². The van der Waals surface area contributed by atoms with Crippen molar-refractivity contribution in [1.29, 1.82) is 0 Å². The van der Waals surface area contributed by atoms with Gasteiger partial charge in [-0.15, -0.1) is 0 Å². The van der Waals surface area contributed by atoms with Crippen LogP contribution in [0.15, 0.2) is 55.0 Å². The number of halogens is 2. The fraction of sp³-hybridized carbons (Fsp3) is 0.469. The van der Waals surface area contributed by atoms with Gasteiger partial charge in [0, 0.05) is 136 Å². The second-order valence-corrected chi connectivity index (χ2v) is 18.5. The zero-order chi connectivity index (χ0) is 44.5. The van der Waals surface area contributed by atoms with Crippen molar-refractivity contribution in [3.05, 3.63) is 94.1 Å². The van der Waals surface area contributed by atoms with Crippen molar-refractivity contribution in [3.63, 3.8) is 0 Å². The third kappa shape index (κ3) is 7.38. The number of nitrogens with zero attached hydrogens (tertiary/aromatic N) is 8. The Morgan fingerprint density at radius 1 is 0.892 bits per heavy atom. The van der Waals surface area contributed by atoms with Crippen LogP contribution < -0.4 is 10.2 Å². The first kappa shape index (κ1) is 41.7. The minimum atomic E-state index is -2.73. The lowest BCUT2D eigenvalue weighted by atomic mass is 9.91. The summed E-state index contributed by atoms with van der Waals surface area (Å²) in [6.07, 6.45) is 9.08. The maximum atomic E-state index is 15.5. The molecule has 6 aliphatic heterocycles. The number of amides is 4. The van der Waals surface area contributed by atoms with Crippen molar-refractivity contribution in [1.82, 2.24) is 39.3 Å². The number of benzene rings is 2. The molecule has 4 amide bonds. The Balaban J connectivity index is 0.865. The van der Waals surface area contributed by atoms with Crippen LogP contribution in [0.3, 0.4) is 0 Å². The molecule has 1 N–H and O–H groups in total. The molecule has 9 heterocycles. The predicted molar refractivity (Wildman–Crippen MR) is 238 cm³/mol. The number of anilines is 2. The van der Waals surface area contributed by atoms with Gasteiger partial charge in [-0.25, -0.2) is 8.78 Å². The third-order valence-electron chi connectivity index (χ3n) is 14.9. The van der Waals surface area contributed by atoms with Gasteiger partial charge in [0.2, 0.25) is 17.7 Å². The van der Waals surface area contributed by atoms with Gasteiger partial charge in [-0.1, -0.05) is 12.1 Å². The minimum Gasteiger partial charge on any atom is -0.381 e. The van der Waals surface area contributed by atoms with E-state index in [2.05, 4.69) is 41.6 Å². The molecule has 0 radical (unpaired) electrons. The molecule has 2 aromatic carbocycles. The number of fused-ring (bicyclic) bond motifs is 4. The van der Waals surface area contributed by atoms with Crippen LogP contribution in [0, 0.1) is 0 Å². The van der Waals surface area contributed by atoms with E-state index < -0.39 is 18.4 Å². The number of rotatable bonds is 8. The second-order valence-electron chi connectivity index (χ2n) is 18.5. The summed E-state index contributed by atoms with van der Waals surface area (Å²) in [5.41, 5.74) is 8.69. The number of carbonyl (C=O) groups excluding carboxylic acids is 4. The minimum absolute atomic E-state index is 0.0127. The standard InChI is InChI=1S/C49H53F2N9O5/c1-29(61)56-19-12-42-40(26-56)47(54-60(42)33-13-20-65-21-14-33)57-16-3-5-30-22-35(36(46(50)51)23-44(30)57)39-28-58(41-9-15-52-24-37(39)41)32-10-17-55(18-11-32)25-31-4-2-6-34-38(31)27-59(49(34)64)43-7-8-45(62)53-48(43)63/h2,4,6,9,15,22-24,28,32-33,43,46H,3,5,7-8,10-14,16-21,25-27H2,1H3,(H,53,62,63). The van der Waals surface area contributed by atoms with Crippen molar-refractivity contribution in [2.24, 2.45) is 0 Å². The summed E-state index contributed by atoms with van der Waals surface area (Å²) < 4.78 is 41.2. The summed E-state index contributed by atoms with van der Waals surface area (Å²) in [5.74, 6) is -0.127. The number of hydrogen-bond donors (Lipinski definition) is 1. The highest BCUT2D eigenvalue weighted by Crippen LogP contribution is 2.46. The van der Waals surface area contributed by atoms with Crippen LogP contribution in [-0.2, 0) is 51.6 Å². The molecule has 16 heteroatoms. The molecule has 0 saturated carbocycles. The molecule has 11 rings (SSSR count). The Labute approximate surface area is 375 Å². The van der Waals surface area contributed by atoms with Crippen LogP contribution in [0.2, 0.25) is 0 Å². The van der Waals surface area contributed by atoms with Crippen LogP contribution in [-0.4, -0.2) is 103 Å². The van der Waals surface area contributed by atoms with Crippen molar-refractivity contribution < 1.29 is 32.7 Å². The zero-order valence-electron chi connectivity index (χ0n) is 36.6. The van der Waals surface area contributed by atoms with E-state index in [9.17, 15) is 19.2 Å². The summed E-state index contributed by atoms with van der Waals surface area (Å²) >= 11 is 0. The fourth-order valence-electron chi connectivity index (χ4n) is 11.4. The van der Waals surface area contributed by atoms with E-state index in [1.165, 1.54) is 0 Å². The topological polar surface area (TPSA) is 138 Å². The van der Waals surface area contributed by atoms with Crippen molar-refractivity contribution >= 4 is 46.0 Å². The van der Waals surface area contributed by atoms with Gasteiger partial charge in [0.15, 0.2) is 5.82 Å². The lowest BCUT2D eigenvalue weighted by Gasteiger charge is -2.33. The fourth-order valence-corrected chi connectivity index (χ4v) is 11.4. The molecule has 6 aliphatic rings. The smallest absolute Gasteiger partial charge is 0.264 e. The lowest BCUT2D eigenvalue weighted by molar-refractivity contribution is -0.137. The number of alkyl halides is 2. The normalized spacial score (nSPS) is 21.0. The van der Waals surface area contributed by atoms with Crippen molar-refractivity contribution in [2.75, 3.05) is 44.3 Å². The Kier molecular flexibility index (Phi) is 10.8. The van der Waals surface area contributed by atoms with Crippen LogP contribution in [0.25, 0.3) is 22.0 Å². The summed E-state index contributed by atoms with van der Waals surface area (Å²) in [4.78, 5) is 63.0. The Bertz CT molecular complexity index is 2730. The number of imide groups is 1. The van der Waals surface area contributed by atoms with Gasteiger partial charge in [0.25, 0.3) is 12.3 Å². The second kappa shape index (κ2) is 16.8. The molecule has 0 spiro atoms. The van der Waals surface area contributed by atoms with E-state index in [1.54, 1.807) is 30.3 Å². The first-order valence-electron chi connectivity index (χ1n) is 23.2. The van der Waals surface area contributed by atoms with E-state index in [4.69, 9.17) is 9.84 Å². The number of carbonyl (C=O) groups is 4. The van der Waals surface area contributed by atoms with Gasteiger partial charge < -0.3 is 24.0 Å². The number of aryl methyl sites for hydroxylation is 1. The molecule has 0 aliphatic carbocycles. The van der Waals surface area contributed by atoms with Gasteiger partial charge in [-0.05, 0) is 91.5 Å². The summed E-state index contributed by atoms with van der Waals surface area (Å²) in [6, 6.07) is 11.1. The predicted octanol–water partition coefficient (Wildman–Crippen LogP) is 6.78. The third-order valence-corrected chi connectivity index (χ3v) is 14.9. The van der Waals surface area contributed by atoms with Crippen LogP contribution >= 0.6 is 0 Å². The average molecular weight is 886 g/mol. The highest BCUT2D eigenvalue weighted by molar-refractivity contribution is 6.05. The Morgan fingerprint density at radius 2 is 1.72 bits per heavy atom. The summed E-state index contributed by atoms with van der Waals surface area (Å²) in [5, 5.41) is 8.49. The van der Waals surface area contributed by atoms with E-state index in [0.717, 1.165) is 108 Å². The molecule has 5 aromatic rings.